The second kappa shape index (κ2) is 8.82. The van der Waals surface area contributed by atoms with Crippen LogP contribution in [0.4, 0.5) is 0 Å². The van der Waals surface area contributed by atoms with Crippen molar-refractivity contribution in [1.29, 1.82) is 0 Å². The third kappa shape index (κ3) is 5.51. The van der Waals surface area contributed by atoms with Crippen molar-refractivity contribution in [3.05, 3.63) is 28.2 Å². The van der Waals surface area contributed by atoms with E-state index in [1.54, 1.807) is 18.2 Å². The van der Waals surface area contributed by atoms with Crippen LogP contribution in [0.2, 0.25) is 10.0 Å². The monoisotopic (exact) mass is 366 g/mol. The third-order valence-electron chi connectivity index (χ3n) is 3.51. The number of rotatable bonds is 5. The van der Waals surface area contributed by atoms with E-state index in [2.05, 4.69) is 0 Å². The first-order chi connectivity index (χ1) is 9.95. The van der Waals surface area contributed by atoms with Crippen molar-refractivity contribution >= 4 is 41.5 Å². The number of hydrogen-bond acceptors (Lipinski definition) is 3. The summed E-state index contributed by atoms with van der Waals surface area (Å²) in [5.41, 5.74) is 5.68. The van der Waals surface area contributed by atoms with Crippen LogP contribution in [-0.2, 0) is 4.79 Å². The number of nitrogens with zero attached hydrogens (tertiary/aromatic N) is 1. The predicted octanol–water partition coefficient (Wildman–Crippen LogP) is 3.52. The van der Waals surface area contributed by atoms with Gasteiger partial charge in [0.2, 0.25) is 5.91 Å². The lowest BCUT2D eigenvalue weighted by molar-refractivity contribution is -0.130. The predicted molar refractivity (Wildman–Crippen MR) is 92.2 cm³/mol. The molecule has 2 rings (SSSR count). The molecule has 2 atom stereocenters. The summed E-state index contributed by atoms with van der Waals surface area (Å²) in [7, 11) is 0. The standard InChI is InChI=1S/C15H20Cl2N2O2.ClH/c1-10(18)2-5-15(20)19-7-6-12(9-19)21-11-3-4-13(16)14(17)8-11;/h3-4,8,10,12H,2,5-7,9,18H2,1H3;1H. The molecule has 1 aromatic rings. The summed E-state index contributed by atoms with van der Waals surface area (Å²) >= 11 is 11.8. The number of carbonyl (C=O) groups is 1. The first-order valence-corrected chi connectivity index (χ1v) is 7.86. The van der Waals surface area contributed by atoms with E-state index >= 15 is 0 Å². The summed E-state index contributed by atoms with van der Waals surface area (Å²) in [6, 6.07) is 5.25. The molecule has 0 spiro atoms. The average molecular weight is 368 g/mol. The van der Waals surface area contributed by atoms with Crippen molar-refractivity contribution in [3.63, 3.8) is 0 Å². The number of nitrogens with two attached hydrogens (primary N) is 1. The average Bonchev–Trinajstić information content (AvgIpc) is 2.89. The van der Waals surface area contributed by atoms with Gasteiger partial charge in [-0.1, -0.05) is 23.2 Å². The highest BCUT2D eigenvalue weighted by atomic mass is 35.5. The van der Waals surface area contributed by atoms with Crippen molar-refractivity contribution < 1.29 is 9.53 Å². The van der Waals surface area contributed by atoms with Gasteiger partial charge in [-0.25, -0.2) is 0 Å². The van der Waals surface area contributed by atoms with Gasteiger partial charge >= 0.3 is 0 Å². The number of carbonyl (C=O) groups excluding carboxylic acids is 1. The van der Waals surface area contributed by atoms with Gasteiger partial charge < -0.3 is 15.4 Å². The van der Waals surface area contributed by atoms with Crippen LogP contribution < -0.4 is 10.5 Å². The molecule has 1 aliphatic rings. The fraction of sp³-hybridized carbons (Fsp3) is 0.533. The van der Waals surface area contributed by atoms with Gasteiger partial charge in [0.05, 0.1) is 16.6 Å². The molecule has 0 radical (unpaired) electrons. The Hall–Kier alpha value is -0.680. The molecule has 0 aliphatic carbocycles. The van der Waals surface area contributed by atoms with Crippen molar-refractivity contribution in [2.45, 2.75) is 38.3 Å². The number of hydrogen-bond donors (Lipinski definition) is 1. The quantitative estimate of drug-likeness (QED) is 0.866. The second-order valence-electron chi connectivity index (χ2n) is 5.46. The van der Waals surface area contributed by atoms with Gasteiger partial charge in [0.25, 0.3) is 0 Å². The van der Waals surface area contributed by atoms with E-state index in [1.165, 1.54) is 0 Å². The summed E-state index contributed by atoms with van der Waals surface area (Å²) in [5.74, 6) is 0.826. The molecule has 1 aliphatic heterocycles. The fourth-order valence-electron chi connectivity index (χ4n) is 2.30. The molecule has 1 fully saturated rings. The van der Waals surface area contributed by atoms with Crippen LogP contribution in [0.25, 0.3) is 0 Å². The smallest absolute Gasteiger partial charge is 0.222 e. The topological polar surface area (TPSA) is 55.6 Å². The van der Waals surface area contributed by atoms with Crippen molar-refractivity contribution in [2.24, 2.45) is 5.73 Å². The van der Waals surface area contributed by atoms with E-state index in [0.717, 1.165) is 13.0 Å². The van der Waals surface area contributed by atoms with Gasteiger partial charge in [0.1, 0.15) is 11.9 Å². The molecule has 1 saturated heterocycles. The Bertz CT molecular complexity index is 512. The number of amides is 1. The highest BCUT2D eigenvalue weighted by Gasteiger charge is 2.27. The van der Waals surface area contributed by atoms with Gasteiger partial charge in [-0.2, -0.15) is 0 Å². The Morgan fingerprint density at radius 2 is 2.18 bits per heavy atom. The number of benzene rings is 1. The van der Waals surface area contributed by atoms with Crippen LogP contribution >= 0.6 is 35.6 Å². The highest BCUT2D eigenvalue weighted by molar-refractivity contribution is 6.42. The number of ether oxygens (including phenoxy) is 1. The van der Waals surface area contributed by atoms with Crippen molar-refractivity contribution in [2.75, 3.05) is 13.1 Å². The number of likely N-dealkylation sites (tertiary alicyclic amines) is 1. The zero-order valence-corrected chi connectivity index (χ0v) is 14.8. The lowest BCUT2D eigenvalue weighted by Crippen LogP contribution is -2.31. The molecule has 2 unspecified atom stereocenters. The summed E-state index contributed by atoms with van der Waals surface area (Å²) in [6.45, 7) is 3.25. The third-order valence-corrected chi connectivity index (χ3v) is 4.24. The maximum absolute atomic E-state index is 12.0. The van der Waals surface area contributed by atoms with E-state index in [-0.39, 0.29) is 30.5 Å². The van der Waals surface area contributed by atoms with E-state index in [0.29, 0.717) is 35.2 Å². The lowest BCUT2D eigenvalue weighted by Gasteiger charge is -2.18. The molecule has 124 valence electrons. The molecule has 22 heavy (non-hydrogen) atoms. The van der Waals surface area contributed by atoms with Gasteiger partial charge in [-0.05, 0) is 25.5 Å². The first-order valence-electron chi connectivity index (χ1n) is 7.10. The minimum Gasteiger partial charge on any atom is -0.488 e. The first kappa shape index (κ1) is 19.4. The zero-order valence-electron chi connectivity index (χ0n) is 12.4. The molecule has 1 heterocycles. The molecular weight excluding hydrogens is 347 g/mol. The highest BCUT2D eigenvalue weighted by Crippen LogP contribution is 2.28. The Morgan fingerprint density at radius 1 is 1.45 bits per heavy atom. The van der Waals surface area contributed by atoms with Crippen LogP contribution in [0.5, 0.6) is 5.75 Å². The van der Waals surface area contributed by atoms with Crippen LogP contribution in [-0.4, -0.2) is 36.0 Å². The van der Waals surface area contributed by atoms with E-state index in [9.17, 15) is 4.79 Å². The SMILES string of the molecule is CC(N)CCC(=O)N1CCC(Oc2ccc(Cl)c(Cl)c2)C1.Cl. The largest absolute Gasteiger partial charge is 0.488 e. The van der Waals surface area contributed by atoms with Gasteiger partial charge in [-0.3, -0.25) is 4.79 Å². The summed E-state index contributed by atoms with van der Waals surface area (Å²) < 4.78 is 5.86. The van der Waals surface area contributed by atoms with Crippen LogP contribution in [0.3, 0.4) is 0 Å². The Morgan fingerprint density at radius 3 is 2.82 bits per heavy atom. The second-order valence-corrected chi connectivity index (χ2v) is 6.27. The molecular formula is C15H21Cl3N2O2. The van der Waals surface area contributed by atoms with E-state index in [1.807, 2.05) is 11.8 Å². The van der Waals surface area contributed by atoms with E-state index < -0.39 is 0 Å². The molecule has 4 nitrogen and oxygen atoms in total. The van der Waals surface area contributed by atoms with E-state index in [4.69, 9.17) is 33.7 Å². The molecule has 7 heteroatoms. The van der Waals surface area contributed by atoms with Crippen LogP contribution in [0, 0.1) is 0 Å². The summed E-state index contributed by atoms with van der Waals surface area (Å²) in [6.07, 6.45) is 2.04. The lowest BCUT2D eigenvalue weighted by atomic mass is 10.2. The molecule has 0 bridgehead atoms. The Labute approximate surface area is 147 Å². The van der Waals surface area contributed by atoms with Crippen LogP contribution in [0.1, 0.15) is 26.2 Å². The molecule has 2 N–H and O–H groups in total. The summed E-state index contributed by atoms with van der Waals surface area (Å²) in [4.78, 5) is 13.9. The maximum Gasteiger partial charge on any atom is 0.222 e. The normalized spacial score (nSPS) is 18.7. The van der Waals surface area contributed by atoms with Gasteiger partial charge in [0, 0.05) is 31.5 Å². The minimum atomic E-state index is 0. The number of halogens is 3. The van der Waals surface area contributed by atoms with Crippen molar-refractivity contribution in [3.8, 4) is 5.75 Å². The van der Waals surface area contributed by atoms with Gasteiger partial charge in [-0.15, -0.1) is 12.4 Å². The summed E-state index contributed by atoms with van der Waals surface area (Å²) in [5, 5.41) is 0.972. The zero-order chi connectivity index (χ0) is 15.4. The molecule has 0 saturated carbocycles. The Balaban J connectivity index is 0.00000242. The Kier molecular flexibility index (Phi) is 7.77. The van der Waals surface area contributed by atoms with Gasteiger partial charge in [0.15, 0.2) is 0 Å². The minimum absolute atomic E-state index is 0. The molecule has 1 aromatic carbocycles. The van der Waals surface area contributed by atoms with Crippen LogP contribution in [0.15, 0.2) is 18.2 Å². The molecule has 0 aromatic heterocycles. The maximum atomic E-state index is 12.0. The van der Waals surface area contributed by atoms with Crippen molar-refractivity contribution in [1.82, 2.24) is 4.90 Å². The molecule has 1 amide bonds. The fourth-order valence-corrected chi connectivity index (χ4v) is 2.59.